The van der Waals surface area contributed by atoms with Gasteiger partial charge in [0.25, 0.3) is 0 Å². The molecule has 30 heavy (non-hydrogen) atoms. The maximum absolute atomic E-state index is 12.6. The fraction of sp³-hybridized carbons (Fsp3) is 0.200. The summed E-state index contributed by atoms with van der Waals surface area (Å²) >= 11 is 7.19. The number of carbonyl (C=O) groups is 1. The Bertz CT molecular complexity index is 1180. The van der Waals surface area contributed by atoms with E-state index >= 15 is 0 Å². The van der Waals surface area contributed by atoms with Crippen LogP contribution in [0.4, 0.5) is 5.69 Å². The van der Waals surface area contributed by atoms with Gasteiger partial charge in [0.1, 0.15) is 15.6 Å². The van der Waals surface area contributed by atoms with Crippen molar-refractivity contribution in [3.8, 4) is 0 Å². The molecule has 0 aliphatic heterocycles. The van der Waals surface area contributed by atoms with E-state index in [0.29, 0.717) is 39.0 Å². The number of halogens is 1. The number of thiophene rings is 1. The first kappa shape index (κ1) is 22.2. The standard InChI is InChI=1S/C20H20ClN3O4S2/c1-3-18(25)23-20-13(2)24-28-17(20)10-8-15-9-11-19(29-15)30(26,27)22-12-14-6-4-5-7-16(14)21/h4-11,22H,3,12H2,1-2H3,(H,23,25). The lowest BCUT2D eigenvalue weighted by molar-refractivity contribution is -0.115. The Kier molecular flexibility index (Phi) is 7.09. The number of nitrogens with zero attached hydrogens (tertiary/aromatic N) is 1. The van der Waals surface area contributed by atoms with Crippen LogP contribution in [-0.2, 0) is 21.4 Å². The van der Waals surface area contributed by atoms with Crippen molar-refractivity contribution in [1.29, 1.82) is 0 Å². The lowest BCUT2D eigenvalue weighted by Gasteiger charge is -2.06. The predicted molar refractivity (Wildman–Crippen MR) is 119 cm³/mol. The van der Waals surface area contributed by atoms with Gasteiger partial charge in [-0.2, -0.15) is 0 Å². The maximum Gasteiger partial charge on any atom is 0.250 e. The summed E-state index contributed by atoms with van der Waals surface area (Å²) in [7, 11) is -3.68. The highest BCUT2D eigenvalue weighted by Gasteiger charge is 2.17. The number of anilines is 1. The number of aromatic nitrogens is 1. The third-order valence-electron chi connectivity index (χ3n) is 4.15. The zero-order valence-electron chi connectivity index (χ0n) is 16.3. The van der Waals surface area contributed by atoms with Crippen LogP contribution in [0.2, 0.25) is 5.02 Å². The van der Waals surface area contributed by atoms with Crippen LogP contribution in [0.1, 0.15) is 35.2 Å². The van der Waals surface area contributed by atoms with Gasteiger partial charge in [-0.05, 0) is 42.8 Å². The first-order valence-electron chi connectivity index (χ1n) is 9.07. The first-order valence-corrected chi connectivity index (χ1v) is 11.7. The van der Waals surface area contributed by atoms with Crippen molar-refractivity contribution >= 4 is 56.7 Å². The predicted octanol–water partition coefficient (Wildman–Crippen LogP) is 4.70. The Hall–Kier alpha value is -2.46. The average molecular weight is 466 g/mol. The van der Waals surface area contributed by atoms with Gasteiger partial charge in [0, 0.05) is 22.9 Å². The smallest absolute Gasteiger partial charge is 0.250 e. The fourth-order valence-corrected chi connectivity index (χ4v) is 4.98. The summed E-state index contributed by atoms with van der Waals surface area (Å²) in [6.45, 7) is 3.58. The monoisotopic (exact) mass is 465 g/mol. The maximum atomic E-state index is 12.6. The van der Waals surface area contributed by atoms with Crippen LogP contribution in [0, 0.1) is 6.92 Å². The van der Waals surface area contributed by atoms with Gasteiger partial charge in [-0.15, -0.1) is 11.3 Å². The summed E-state index contributed by atoms with van der Waals surface area (Å²) in [5.74, 6) is 0.244. The molecule has 0 radical (unpaired) electrons. The van der Waals surface area contributed by atoms with E-state index in [1.54, 1.807) is 56.3 Å². The molecular formula is C20H20ClN3O4S2. The number of carbonyl (C=O) groups excluding carboxylic acids is 1. The van der Waals surface area contributed by atoms with Crippen molar-refractivity contribution in [1.82, 2.24) is 9.88 Å². The number of nitrogens with one attached hydrogen (secondary N) is 2. The molecule has 0 unspecified atom stereocenters. The van der Waals surface area contributed by atoms with Crippen LogP contribution in [0.5, 0.6) is 0 Å². The molecule has 3 aromatic rings. The van der Waals surface area contributed by atoms with Crippen molar-refractivity contribution in [2.75, 3.05) is 5.32 Å². The van der Waals surface area contributed by atoms with Gasteiger partial charge in [0.05, 0.1) is 0 Å². The molecule has 0 aliphatic rings. The van der Waals surface area contributed by atoms with E-state index in [9.17, 15) is 13.2 Å². The number of rotatable bonds is 8. The van der Waals surface area contributed by atoms with Crippen LogP contribution < -0.4 is 10.0 Å². The van der Waals surface area contributed by atoms with Gasteiger partial charge in [-0.3, -0.25) is 4.79 Å². The molecule has 3 rings (SSSR count). The second-order valence-corrected chi connectivity index (χ2v) is 9.83. The topological polar surface area (TPSA) is 101 Å². The molecule has 0 bridgehead atoms. The van der Waals surface area contributed by atoms with Gasteiger partial charge in [0.2, 0.25) is 15.9 Å². The Morgan fingerprint density at radius 1 is 1.23 bits per heavy atom. The Morgan fingerprint density at radius 2 is 2.00 bits per heavy atom. The van der Waals surface area contributed by atoms with E-state index in [2.05, 4.69) is 15.2 Å². The number of hydrogen-bond donors (Lipinski definition) is 2. The Balaban J connectivity index is 1.72. The highest BCUT2D eigenvalue weighted by Crippen LogP contribution is 2.27. The third-order valence-corrected chi connectivity index (χ3v) is 7.46. The molecule has 0 fully saturated rings. The number of aryl methyl sites for hydroxylation is 1. The first-order chi connectivity index (χ1) is 14.3. The van der Waals surface area contributed by atoms with Crippen molar-refractivity contribution in [3.63, 3.8) is 0 Å². The van der Waals surface area contributed by atoms with Crippen LogP contribution in [0.15, 0.2) is 45.1 Å². The third kappa shape index (κ3) is 5.37. The van der Waals surface area contributed by atoms with Crippen molar-refractivity contribution in [2.45, 2.75) is 31.0 Å². The van der Waals surface area contributed by atoms with Crippen molar-refractivity contribution in [2.24, 2.45) is 0 Å². The highest BCUT2D eigenvalue weighted by molar-refractivity contribution is 7.91. The lowest BCUT2D eigenvalue weighted by atomic mass is 10.2. The zero-order valence-corrected chi connectivity index (χ0v) is 18.7. The van der Waals surface area contributed by atoms with Gasteiger partial charge in [-0.25, -0.2) is 13.1 Å². The number of amides is 1. The normalized spacial score (nSPS) is 11.8. The minimum absolute atomic E-state index is 0.100. The lowest BCUT2D eigenvalue weighted by Crippen LogP contribution is -2.22. The molecule has 10 heteroatoms. The molecule has 0 saturated heterocycles. The van der Waals surface area contributed by atoms with Gasteiger partial charge < -0.3 is 9.84 Å². The molecule has 1 amide bonds. The van der Waals surface area contributed by atoms with E-state index in [1.165, 1.54) is 6.07 Å². The Labute approximate surface area is 183 Å². The van der Waals surface area contributed by atoms with Crippen LogP contribution in [-0.4, -0.2) is 19.5 Å². The van der Waals surface area contributed by atoms with Gasteiger partial charge in [0.15, 0.2) is 5.76 Å². The molecule has 7 nitrogen and oxygen atoms in total. The van der Waals surface area contributed by atoms with Crippen LogP contribution >= 0.6 is 22.9 Å². The summed E-state index contributed by atoms with van der Waals surface area (Å²) in [6, 6.07) is 10.3. The molecule has 2 heterocycles. The number of benzene rings is 1. The van der Waals surface area contributed by atoms with Crippen LogP contribution in [0.25, 0.3) is 12.2 Å². The number of sulfonamides is 1. The molecule has 1 aromatic carbocycles. The molecule has 2 aromatic heterocycles. The molecule has 158 valence electrons. The van der Waals surface area contributed by atoms with E-state index < -0.39 is 10.0 Å². The molecule has 0 atom stereocenters. The minimum Gasteiger partial charge on any atom is -0.354 e. The quantitative estimate of drug-likeness (QED) is 0.502. The van der Waals surface area contributed by atoms with Gasteiger partial charge in [-0.1, -0.05) is 41.9 Å². The summed E-state index contributed by atoms with van der Waals surface area (Å²) < 4.78 is 33.1. The number of hydrogen-bond acceptors (Lipinski definition) is 6. The second-order valence-electron chi connectivity index (χ2n) is 6.32. The molecule has 0 spiro atoms. The van der Waals surface area contributed by atoms with Crippen molar-refractivity contribution in [3.05, 3.63) is 63.3 Å². The largest absolute Gasteiger partial charge is 0.354 e. The van der Waals surface area contributed by atoms with Crippen molar-refractivity contribution < 1.29 is 17.7 Å². The van der Waals surface area contributed by atoms with Gasteiger partial charge >= 0.3 is 0 Å². The Morgan fingerprint density at radius 3 is 2.73 bits per heavy atom. The van der Waals surface area contributed by atoms with E-state index in [-0.39, 0.29) is 16.7 Å². The fourth-order valence-electron chi connectivity index (χ4n) is 2.49. The highest BCUT2D eigenvalue weighted by atomic mass is 35.5. The summed E-state index contributed by atoms with van der Waals surface area (Å²) in [5.41, 5.74) is 1.76. The average Bonchev–Trinajstić information content (AvgIpc) is 3.34. The molecule has 2 N–H and O–H groups in total. The molecule has 0 aliphatic carbocycles. The summed E-state index contributed by atoms with van der Waals surface area (Å²) in [4.78, 5) is 12.4. The summed E-state index contributed by atoms with van der Waals surface area (Å²) in [6.07, 6.45) is 3.69. The SMILES string of the molecule is CCC(=O)Nc1c(C)noc1C=Cc1ccc(S(=O)(=O)NCc2ccccc2Cl)s1. The zero-order chi connectivity index (χ0) is 21.7. The summed E-state index contributed by atoms with van der Waals surface area (Å²) in [5, 5.41) is 7.12. The minimum atomic E-state index is -3.68. The van der Waals surface area contributed by atoms with Crippen LogP contribution in [0.3, 0.4) is 0 Å². The second kappa shape index (κ2) is 9.57. The van der Waals surface area contributed by atoms with E-state index in [0.717, 1.165) is 11.3 Å². The van der Waals surface area contributed by atoms with E-state index in [1.807, 2.05) is 0 Å². The van der Waals surface area contributed by atoms with E-state index in [4.69, 9.17) is 16.1 Å². The molecule has 0 saturated carbocycles. The molecular weight excluding hydrogens is 446 g/mol.